The van der Waals surface area contributed by atoms with Crippen LogP contribution in [0.2, 0.25) is 5.02 Å². The fourth-order valence-electron chi connectivity index (χ4n) is 1.50. The zero-order chi connectivity index (χ0) is 11.5. The number of carbonyl (C=O) groups is 2. The third-order valence-corrected chi connectivity index (χ3v) is 2.64. The molecule has 0 spiro atoms. The van der Waals surface area contributed by atoms with Gasteiger partial charge in [0.05, 0.1) is 5.02 Å². The number of halogens is 1. The van der Waals surface area contributed by atoms with Crippen molar-refractivity contribution in [2.75, 3.05) is 0 Å². The topological polar surface area (TPSA) is 55.4 Å². The lowest BCUT2D eigenvalue weighted by molar-refractivity contribution is -0.137. The zero-order valence-electron chi connectivity index (χ0n) is 8.40. The Bertz CT molecular complexity index is 433. The molecule has 1 aliphatic rings. The van der Waals surface area contributed by atoms with Crippen molar-refractivity contribution in [2.24, 2.45) is 0 Å². The van der Waals surface area contributed by atoms with Crippen molar-refractivity contribution in [3.05, 3.63) is 29.3 Å². The fourth-order valence-corrected chi connectivity index (χ4v) is 1.67. The molecule has 84 valence electrons. The van der Waals surface area contributed by atoms with E-state index >= 15 is 0 Å². The van der Waals surface area contributed by atoms with E-state index in [-0.39, 0.29) is 5.91 Å². The molecule has 0 bridgehead atoms. The first-order valence-electron chi connectivity index (χ1n) is 4.92. The molecule has 16 heavy (non-hydrogen) atoms. The van der Waals surface area contributed by atoms with Gasteiger partial charge in [0.25, 0.3) is 0 Å². The van der Waals surface area contributed by atoms with Crippen LogP contribution in [0.3, 0.4) is 0 Å². The Morgan fingerprint density at radius 2 is 2.19 bits per heavy atom. The molecule has 1 saturated heterocycles. The molecule has 5 heteroatoms. The Hall–Kier alpha value is -1.55. The SMILES string of the molecule is O=C1CC[C@@H](C(=O)Oc2ccccc2Cl)N1. The summed E-state index contributed by atoms with van der Waals surface area (Å²) < 4.78 is 5.09. The summed E-state index contributed by atoms with van der Waals surface area (Å²) in [6.07, 6.45) is 0.838. The Labute approximate surface area is 97.5 Å². The lowest BCUT2D eigenvalue weighted by atomic mass is 10.2. The molecule has 0 unspecified atom stereocenters. The first-order chi connectivity index (χ1) is 7.66. The molecule has 4 nitrogen and oxygen atoms in total. The van der Waals surface area contributed by atoms with E-state index in [1.54, 1.807) is 24.3 Å². The smallest absolute Gasteiger partial charge is 0.334 e. The van der Waals surface area contributed by atoms with Gasteiger partial charge in [0.15, 0.2) is 0 Å². The predicted molar refractivity (Wildman–Crippen MR) is 58.3 cm³/mol. The molecule has 0 radical (unpaired) electrons. The van der Waals surface area contributed by atoms with Crippen molar-refractivity contribution in [3.8, 4) is 5.75 Å². The molecule has 0 aromatic heterocycles. The lowest BCUT2D eigenvalue weighted by Gasteiger charge is -2.10. The summed E-state index contributed by atoms with van der Waals surface area (Å²) in [6.45, 7) is 0. The second-order valence-corrected chi connectivity index (χ2v) is 3.92. The van der Waals surface area contributed by atoms with Crippen LogP contribution in [0.1, 0.15) is 12.8 Å². The summed E-state index contributed by atoms with van der Waals surface area (Å²) in [5.41, 5.74) is 0. The first-order valence-corrected chi connectivity index (χ1v) is 5.30. The second-order valence-electron chi connectivity index (χ2n) is 3.51. The summed E-state index contributed by atoms with van der Waals surface area (Å²) in [7, 11) is 0. The number of esters is 1. The van der Waals surface area contributed by atoms with Gasteiger partial charge >= 0.3 is 5.97 Å². The standard InChI is InChI=1S/C11H10ClNO3/c12-7-3-1-2-4-9(7)16-11(15)8-5-6-10(14)13-8/h1-4,8H,5-6H2,(H,13,14)/t8-/m0/s1. The van der Waals surface area contributed by atoms with Crippen LogP contribution in [0.25, 0.3) is 0 Å². The number of benzene rings is 1. The minimum atomic E-state index is -0.552. The van der Waals surface area contributed by atoms with Gasteiger partial charge in [-0.3, -0.25) is 4.79 Å². The number of ether oxygens (including phenoxy) is 1. The molecule has 1 aromatic rings. The minimum absolute atomic E-state index is 0.124. The van der Waals surface area contributed by atoms with E-state index in [0.717, 1.165) is 0 Å². The van der Waals surface area contributed by atoms with Gasteiger partial charge in [-0.05, 0) is 18.6 Å². The minimum Gasteiger partial charge on any atom is -0.423 e. The van der Waals surface area contributed by atoms with E-state index < -0.39 is 12.0 Å². The summed E-state index contributed by atoms with van der Waals surface area (Å²) in [6, 6.07) is 6.16. The van der Waals surface area contributed by atoms with Crippen molar-refractivity contribution in [3.63, 3.8) is 0 Å². The van der Waals surface area contributed by atoms with Crippen LogP contribution in [-0.2, 0) is 9.59 Å². The van der Waals surface area contributed by atoms with Crippen molar-refractivity contribution in [1.82, 2.24) is 5.32 Å². The number of para-hydroxylation sites is 1. The Morgan fingerprint density at radius 1 is 1.44 bits per heavy atom. The highest BCUT2D eigenvalue weighted by molar-refractivity contribution is 6.32. The predicted octanol–water partition coefficient (Wildman–Crippen LogP) is 1.52. The number of amides is 1. The van der Waals surface area contributed by atoms with Crippen LogP contribution in [-0.4, -0.2) is 17.9 Å². The maximum atomic E-state index is 11.6. The molecule has 1 fully saturated rings. The maximum absolute atomic E-state index is 11.6. The summed E-state index contributed by atoms with van der Waals surface area (Å²) >= 11 is 5.84. The third kappa shape index (κ3) is 2.33. The average Bonchev–Trinajstić information content (AvgIpc) is 2.68. The zero-order valence-corrected chi connectivity index (χ0v) is 9.16. The van der Waals surface area contributed by atoms with Gasteiger partial charge in [-0.15, -0.1) is 0 Å². The Morgan fingerprint density at radius 3 is 2.81 bits per heavy atom. The van der Waals surface area contributed by atoms with Crippen molar-refractivity contribution < 1.29 is 14.3 Å². The van der Waals surface area contributed by atoms with Crippen molar-refractivity contribution >= 4 is 23.5 Å². The van der Waals surface area contributed by atoms with E-state index in [2.05, 4.69) is 5.32 Å². The van der Waals surface area contributed by atoms with Gasteiger partial charge in [-0.2, -0.15) is 0 Å². The second kappa shape index (κ2) is 4.53. The number of hydrogen-bond acceptors (Lipinski definition) is 3. The molecule has 1 N–H and O–H groups in total. The van der Waals surface area contributed by atoms with Crippen molar-refractivity contribution in [1.29, 1.82) is 0 Å². The first kappa shape index (κ1) is 11.0. The van der Waals surface area contributed by atoms with Crippen LogP contribution >= 0.6 is 11.6 Å². The molecule has 1 atom stereocenters. The fraction of sp³-hybridized carbons (Fsp3) is 0.273. The Kier molecular flexibility index (Phi) is 3.10. The molecule has 0 aliphatic carbocycles. The number of nitrogens with one attached hydrogen (secondary N) is 1. The third-order valence-electron chi connectivity index (χ3n) is 2.33. The van der Waals surface area contributed by atoms with Gasteiger partial charge in [0.2, 0.25) is 5.91 Å². The van der Waals surface area contributed by atoms with E-state index in [9.17, 15) is 9.59 Å². The van der Waals surface area contributed by atoms with Gasteiger partial charge in [-0.1, -0.05) is 23.7 Å². The monoisotopic (exact) mass is 239 g/mol. The van der Waals surface area contributed by atoms with Crippen LogP contribution in [0.4, 0.5) is 0 Å². The highest BCUT2D eigenvalue weighted by Gasteiger charge is 2.29. The number of carbonyl (C=O) groups excluding carboxylic acids is 2. The molecule has 1 amide bonds. The molecule has 1 aliphatic heterocycles. The average molecular weight is 240 g/mol. The summed E-state index contributed by atoms with van der Waals surface area (Å²) in [4.78, 5) is 22.5. The quantitative estimate of drug-likeness (QED) is 0.629. The number of rotatable bonds is 2. The lowest BCUT2D eigenvalue weighted by Crippen LogP contribution is -2.36. The van der Waals surface area contributed by atoms with Gasteiger partial charge in [0, 0.05) is 6.42 Å². The molecule has 1 aromatic carbocycles. The van der Waals surface area contributed by atoms with E-state index in [1.807, 2.05) is 0 Å². The van der Waals surface area contributed by atoms with E-state index in [4.69, 9.17) is 16.3 Å². The molecule has 1 heterocycles. The van der Waals surface area contributed by atoms with Gasteiger partial charge in [-0.25, -0.2) is 4.79 Å². The summed E-state index contributed by atoms with van der Waals surface area (Å²) in [5.74, 6) is -0.282. The van der Waals surface area contributed by atoms with Crippen LogP contribution in [0.5, 0.6) is 5.75 Å². The molecular formula is C11H10ClNO3. The molecular weight excluding hydrogens is 230 g/mol. The molecule has 0 saturated carbocycles. The van der Waals surface area contributed by atoms with E-state index in [1.165, 1.54) is 0 Å². The highest BCUT2D eigenvalue weighted by Crippen LogP contribution is 2.24. The summed E-state index contributed by atoms with van der Waals surface area (Å²) in [5, 5.41) is 2.91. The van der Waals surface area contributed by atoms with Gasteiger partial charge < -0.3 is 10.1 Å². The van der Waals surface area contributed by atoms with Crippen LogP contribution < -0.4 is 10.1 Å². The van der Waals surface area contributed by atoms with Gasteiger partial charge in [0.1, 0.15) is 11.8 Å². The Balaban J connectivity index is 2.03. The highest BCUT2D eigenvalue weighted by atomic mass is 35.5. The van der Waals surface area contributed by atoms with Crippen LogP contribution in [0.15, 0.2) is 24.3 Å². The van der Waals surface area contributed by atoms with E-state index in [0.29, 0.717) is 23.6 Å². The van der Waals surface area contributed by atoms with Crippen molar-refractivity contribution in [2.45, 2.75) is 18.9 Å². The largest absolute Gasteiger partial charge is 0.423 e. The number of hydrogen-bond donors (Lipinski definition) is 1. The van der Waals surface area contributed by atoms with Crippen LogP contribution in [0, 0.1) is 0 Å². The maximum Gasteiger partial charge on any atom is 0.334 e. The molecule has 2 rings (SSSR count). The normalized spacial score (nSPS) is 19.3.